The van der Waals surface area contributed by atoms with Crippen LogP contribution in [0.4, 0.5) is 5.82 Å². The van der Waals surface area contributed by atoms with Crippen LogP contribution in [0.3, 0.4) is 0 Å². The molecule has 3 nitrogen and oxygen atoms in total. The van der Waals surface area contributed by atoms with Gasteiger partial charge in [-0.3, -0.25) is 0 Å². The third-order valence-electron chi connectivity index (χ3n) is 3.16. The summed E-state index contributed by atoms with van der Waals surface area (Å²) < 4.78 is 0. The molecule has 1 aromatic rings. The second-order valence-electron chi connectivity index (χ2n) is 4.13. The van der Waals surface area contributed by atoms with Crippen molar-refractivity contribution >= 4 is 5.82 Å². The highest BCUT2D eigenvalue weighted by Crippen LogP contribution is 2.39. The first-order valence-electron chi connectivity index (χ1n) is 5.20. The van der Waals surface area contributed by atoms with Crippen LogP contribution >= 0.6 is 0 Å². The Bertz CT molecular complexity index is 274. The van der Waals surface area contributed by atoms with Crippen molar-refractivity contribution in [2.24, 2.45) is 11.1 Å². The normalized spacial score (nSPS) is 18.6. The lowest BCUT2D eigenvalue weighted by Gasteiger charge is -2.41. The summed E-state index contributed by atoms with van der Waals surface area (Å²) in [5, 5.41) is 3.35. The maximum Gasteiger partial charge on any atom is 0.125 e. The van der Waals surface area contributed by atoms with Gasteiger partial charge in [0, 0.05) is 12.7 Å². The van der Waals surface area contributed by atoms with E-state index in [9.17, 15) is 0 Å². The molecule has 0 spiro atoms. The second kappa shape index (κ2) is 3.96. The lowest BCUT2D eigenvalue weighted by molar-refractivity contribution is 0.163. The highest BCUT2D eigenvalue weighted by Gasteiger charge is 2.35. The van der Waals surface area contributed by atoms with E-state index in [-0.39, 0.29) is 0 Å². The van der Waals surface area contributed by atoms with E-state index in [2.05, 4.69) is 10.3 Å². The molecule has 14 heavy (non-hydrogen) atoms. The molecule has 3 heteroatoms. The predicted octanol–water partition coefficient (Wildman–Crippen LogP) is 1.62. The van der Waals surface area contributed by atoms with Gasteiger partial charge in [-0.1, -0.05) is 12.5 Å². The summed E-state index contributed by atoms with van der Waals surface area (Å²) in [6.07, 6.45) is 5.63. The minimum Gasteiger partial charge on any atom is -0.369 e. The van der Waals surface area contributed by atoms with Crippen molar-refractivity contribution < 1.29 is 0 Å². The van der Waals surface area contributed by atoms with Gasteiger partial charge in [0.05, 0.1) is 0 Å². The molecule has 1 aliphatic carbocycles. The van der Waals surface area contributed by atoms with Crippen LogP contribution in [0.2, 0.25) is 0 Å². The molecular formula is C11H17N3. The van der Waals surface area contributed by atoms with Crippen LogP contribution in [0, 0.1) is 5.41 Å². The number of nitrogens with one attached hydrogen (secondary N) is 1. The van der Waals surface area contributed by atoms with Crippen molar-refractivity contribution in [3.8, 4) is 0 Å². The van der Waals surface area contributed by atoms with E-state index < -0.39 is 0 Å². The number of aromatic nitrogens is 1. The Labute approximate surface area is 84.7 Å². The quantitative estimate of drug-likeness (QED) is 0.760. The molecule has 3 N–H and O–H groups in total. The Hall–Kier alpha value is -1.09. The van der Waals surface area contributed by atoms with Gasteiger partial charge in [0.2, 0.25) is 0 Å². The molecule has 0 aliphatic heterocycles. The van der Waals surface area contributed by atoms with Gasteiger partial charge in [0.25, 0.3) is 0 Å². The minimum absolute atomic E-state index is 0.345. The fourth-order valence-corrected chi connectivity index (χ4v) is 1.88. The zero-order chi connectivity index (χ0) is 9.86. The van der Waals surface area contributed by atoms with Crippen LogP contribution in [-0.2, 0) is 0 Å². The summed E-state index contributed by atoms with van der Waals surface area (Å²) in [6.45, 7) is 1.74. The maximum atomic E-state index is 5.77. The molecule has 76 valence electrons. The molecule has 1 aliphatic rings. The Balaban J connectivity index is 1.88. The zero-order valence-corrected chi connectivity index (χ0v) is 8.37. The first kappa shape index (κ1) is 9.46. The minimum atomic E-state index is 0.345. The van der Waals surface area contributed by atoms with E-state index in [4.69, 9.17) is 5.73 Å². The topological polar surface area (TPSA) is 50.9 Å². The molecule has 0 amide bonds. The number of nitrogens with zero attached hydrogens (tertiary/aromatic N) is 1. The largest absolute Gasteiger partial charge is 0.369 e. The third-order valence-corrected chi connectivity index (χ3v) is 3.16. The lowest BCUT2D eigenvalue weighted by atomic mass is 9.69. The summed E-state index contributed by atoms with van der Waals surface area (Å²) in [6, 6.07) is 5.90. The van der Waals surface area contributed by atoms with Gasteiger partial charge >= 0.3 is 0 Å². The van der Waals surface area contributed by atoms with Crippen LogP contribution in [0.1, 0.15) is 19.3 Å². The standard InChI is InChI=1S/C11H17N3/c12-8-11(5-3-6-11)9-14-10-4-1-2-7-13-10/h1-2,4,7H,3,5-6,8-9,12H2,(H,13,14). The number of hydrogen-bond donors (Lipinski definition) is 2. The number of hydrogen-bond acceptors (Lipinski definition) is 3. The predicted molar refractivity (Wildman–Crippen MR) is 58.1 cm³/mol. The fourth-order valence-electron chi connectivity index (χ4n) is 1.88. The Morgan fingerprint density at radius 1 is 1.43 bits per heavy atom. The van der Waals surface area contributed by atoms with Crippen molar-refractivity contribution in [3.63, 3.8) is 0 Å². The van der Waals surface area contributed by atoms with E-state index in [1.165, 1.54) is 19.3 Å². The fraction of sp³-hybridized carbons (Fsp3) is 0.545. The van der Waals surface area contributed by atoms with Crippen molar-refractivity contribution in [2.45, 2.75) is 19.3 Å². The highest BCUT2D eigenvalue weighted by molar-refractivity contribution is 5.33. The molecule has 1 fully saturated rings. The SMILES string of the molecule is NCC1(CNc2ccccn2)CCC1. The van der Waals surface area contributed by atoms with Gasteiger partial charge in [-0.05, 0) is 36.9 Å². The van der Waals surface area contributed by atoms with Crippen LogP contribution in [0.25, 0.3) is 0 Å². The van der Waals surface area contributed by atoms with Crippen molar-refractivity contribution in [1.82, 2.24) is 4.98 Å². The molecule has 2 rings (SSSR count). The summed E-state index contributed by atoms with van der Waals surface area (Å²) in [5.41, 5.74) is 6.12. The van der Waals surface area contributed by atoms with Crippen LogP contribution in [0.15, 0.2) is 24.4 Å². The summed E-state index contributed by atoms with van der Waals surface area (Å²) >= 11 is 0. The van der Waals surface area contributed by atoms with Crippen LogP contribution in [-0.4, -0.2) is 18.1 Å². The molecule has 0 saturated heterocycles. The van der Waals surface area contributed by atoms with E-state index in [0.29, 0.717) is 5.41 Å². The first-order chi connectivity index (χ1) is 6.85. The van der Waals surface area contributed by atoms with Crippen LogP contribution in [0.5, 0.6) is 0 Å². The molecule has 0 aromatic carbocycles. The highest BCUT2D eigenvalue weighted by atomic mass is 15.0. The zero-order valence-electron chi connectivity index (χ0n) is 8.37. The molecule has 0 bridgehead atoms. The Morgan fingerprint density at radius 3 is 2.79 bits per heavy atom. The van der Waals surface area contributed by atoms with Gasteiger partial charge in [-0.15, -0.1) is 0 Å². The van der Waals surface area contributed by atoms with E-state index in [0.717, 1.165) is 18.9 Å². The average Bonchev–Trinajstić information content (AvgIpc) is 2.19. The van der Waals surface area contributed by atoms with E-state index >= 15 is 0 Å². The first-order valence-corrected chi connectivity index (χ1v) is 5.20. The summed E-state index contributed by atoms with van der Waals surface area (Å²) in [7, 11) is 0. The van der Waals surface area contributed by atoms with Crippen molar-refractivity contribution in [3.05, 3.63) is 24.4 Å². The number of nitrogens with two attached hydrogens (primary N) is 1. The van der Waals surface area contributed by atoms with Crippen molar-refractivity contribution in [1.29, 1.82) is 0 Å². The van der Waals surface area contributed by atoms with E-state index in [1.807, 2.05) is 18.2 Å². The van der Waals surface area contributed by atoms with Gasteiger partial charge in [0.1, 0.15) is 5.82 Å². The van der Waals surface area contributed by atoms with Crippen LogP contribution < -0.4 is 11.1 Å². The number of rotatable bonds is 4. The number of anilines is 1. The summed E-state index contributed by atoms with van der Waals surface area (Å²) in [4.78, 5) is 4.22. The van der Waals surface area contributed by atoms with Gasteiger partial charge in [0.15, 0.2) is 0 Å². The smallest absolute Gasteiger partial charge is 0.125 e. The molecule has 0 radical (unpaired) electrons. The molecule has 1 heterocycles. The van der Waals surface area contributed by atoms with Crippen molar-refractivity contribution in [2.75, 3.05) is 18.4 Å². The van der Waals surface area contributed by atoms with Gasteiger partial charge in [-0.25, -0.2) is 4.98 Å². The molecule has 0 atom stereocenters. The maximum absolute atomic E-state index is 5.77. The van der Waals surface area contributed by atoms with Gasteiger partial charge in [-0.2, -0.15) is 0 Å². The number of pyridine rings is 1. The molecule has 0 unspecified atom stereocenters. The Kier molecular flexibility index (Phi) is 2.68. The van der Waals surface area contributed by atoms with E-state index in [1.54, 1.807) is 6.20 Å². The summed E-state index contributed by atoms with van der Waals surface area (Å²) in [5.74, 6) is 0.951. The Morgan fingerprint density at radius 2 is 2.29 bits per heavy atom. The molecule has 1 aromatic heterocycles. The third kappa shape index (κ3) is 1.87. The second-order valence-corrected chi connectivity index (χ2v) is 4.13. The lowest BCUT2D eigenvalue weighted by Crippen LogP contribution is -2.43. The van der Waals surface area contributed by atoms with Gasteiger partial charge < -0.3 is 11.1 Å². The molecule has 1 saturated carbocycles. The monoisotopic (exact) mass is 191 g/mol. The molecular weight excluding hydrogens is 174 g/mol. The average molecular weight is 191 g/mol.